The topological polar surface area (TPSA) is 118 Å². The average Bonchev–Trinajstić information content (AvgIpc) is 2.56. The number of nitrogens with zero attached hydrogens (tertiary/aromatic N) is 2. The van der Waals surface area contributed by atoms with Crippen molar-refractivity contribution in [2.75, 3.05) is 4.31 Å². The van der Waals surface area contributed by atoms with Crippen molar-refractivity contribution in [3.05, 3.63) is 62.2 Å². The minimum Gasteiger partial charge on any atom is -0.480 e. The van der Waals surface area contributed by atoms with Gasteiger partial charge in [0.05, 0.1) is 15.5 Å². The van der Waals surface area contributed by atoms with Crippen LogP contribution >= 0.6 is 22.6 Å². The number of sulfonamides is 1. The molecule has 0 amide bonds. The van der Waals surface area contributed by atoms with Crippen molar-refractivity contribution < 1.29 is 23.2 Å². The SMILES string of the molecule is CC(C(=O)O)N(c1ccccc1I)S(=O)(=O)c1cccc([N+](=O)[O-])c1. The highest BCUT2D eigenvalue weighted by molar-refractivity contribution is 14.1. The van der Waals surface area contributed by atoms with Crippen molar-refractivity contribution >= 4 is 50.0 Å². The normalized spacial score (nSPS) is 12.4. The van der Waals surface area contributed by atoms with Crippen molar-refractivity contribution in [2.45, 2.75) is 17.9 Å². The highest BCUT2D eigenvalue weighted by Gasteiger charge is 2.35. The fourth-order valence-electron chi connectivity index (χ4n) is 2.15. The van der Waals surface area contributed by atoms with Gasteiger partial charge in [-0.1, -0.05) is 18.2 Å². The van der Waals surface area contributed by atoms with Crippen molar-refractivity contribution in [3.8, 4) is 0 Å². The Kier molecular flexibility index (Phi) is 5.62. The molecule has 2 aromatic carbocycles. The first-order valence-electron chi connectivity index (χ1n) is 6.92. The molecule has 132 valence electrons. The summed E-state index contributed by atoms with van der Waals surface area (Å²) in [6.07, 6.45) is 0. The summed E-state index contributed by atoms with van der Waals surface area (Å²) in [6.45, 7) is 1.24. The molecule has 0 heterocycles. The predicted molar refractivity (Wildman–Crippen MR) is 99.0 cm³/mol. The number of hydrogen-bond acceptors (Lipinski definition) is 5. The molecule has 2 aromatic rings. The number of anilines is 1. The van der Waals surface area contributed by atoms with Gasteiger partial charge in [0.15, 0.2) is 0 Å². The number of non-ortho nitro benzene ring substituents is 1. The second kappa shape index (κ2) is 7.35. The average molecular weight is 476 g/mol. The summed E-state index contributed by atoms with van der Waals surface area (Å²) in [5.41, 5.74) is -0.212. The van der Waals surface area contributed by atoms with E-state index in [1.54, 1.807) is 18.2 Å². The number of nitro groups is 1. The quantitative estimate of drug-likeness (QED) is 0.389. The van der Waals surface area contributed by atoms with Crippen LogP contribution in [0.2, 0.25) is 0 Å². The number of hydrogen-bond donors (Lipinski definition) is 1. The number of carbonyl (C=O) groups is 1. The lowest BCUT2D eigenvalue weighted by molar-refractivity contribution is -0.385. The van der Waals surface area contributed by atoms with Gasteiger partial charge in [0, 0.05) is 15.7 Å². The van der Waals surface area contributed by atoms with Crippen LogP contribution in [0.15, 0.2) is 53.4 Å². The lowest BCUT2D eigenvalue weighted by Gasteiger charge is -2.28. The number of nitro benzene ring substituents is 1. The smallest absolute Gasteiger partial charge is 0.327 e. The Morgan fingerprint density at radius 1 is 1.24 bits per heavy atom. The van der Waals surface area contributed by atoms with E-state index in [1.807, 2.05) is 22.6 Å². The van der Waals surface area contributed by atoms with Crippen LogP contribution in [0.3, 0.4) is 0 Å². The minimum atomic E-state index is -4.33. The molecule has 8 nitrogen and oxygen atoms in total. The lowest BCUT2D eigenvalue weighted by Crippen LogP contribution is -2.43. The summed E-state index contributed by atoms with van der Waals surface area (Å²) in [5.74, 6) is -1.34. The Bertz CT molecular complexity index is 931. The number of para-hydroxylation sites is 1. The molecule has 0 aliphatic carbocycles. The van der Waals surface area contributed by atoms with Crippen LogP contribution in [0, 0.1) is 13.7 Å². The van der Waals surface area contributed by atoms with Gasteiger partial charge in [-0.05, 0) is 47.7 Å². The van der Waals surface area contributed by atoms with Crippen LogP contribution in [0.1, 0.15) is 6.92 Å². The zero-order valence-corrected chi connectivity index (χ0v) is 15.8. The number of halogens is 1. The lowest BCUT2D eigenvalue weighted by atomic mass is 10.2. The Labute approximate surface area is 157 Å². The van der Waals surface area contributed by atoms with E-state index in [2.05, 4.69) is 0 Å². The standard InChI is InChI=1S/C15H13IN2O6S/c1-10(15(19)20)17(14-8-3-2-7-13(14)16)25(23,24)12-6-4-5-11(9-12)18(21)22/h2-10H,1H3,(H,19,20). The van der Waals surface area contributed by atoms with E-state index in [0.29, 0.717) is 3.57 Å². The van der Waals surface area contributed by atoms with Crippen molar-refractivity contribution in [1.29, 1.82) is 0 Å². The van der Waals surface area contributed by atoms with Gasteiger partial charge >= 0.3 is 5.97 Å². The number of aliphatic carboxylic acids is 1. The summed E-state index contributed by atoms with van der Waals surface area (Å²) in [5, 5.41) is 20.3. The molecular weight excluding hydrogens is 463 g/mol. The first-order valence-corrected chi connectivity index (χ1v) is 9.44. The third-order valence-corrected chi connectivity index (χ3v) is 6.18. The summed E-state index contributed by atoms with van der Waals surface area (Å²) in [6, 6.07) is 9.50. The zero-order valence-electron chi connectivity index (χ0n) is 12.9. The van der Waals surface area contributed by atoms with Gasteiger partial charge in [-0.3, -0.25) is 14.4 Å². The Morgan fingerprint density at radius 2 is 1.88 bits per heavy atom. The highest BCUT2D eigenvalue weighted by atomic mass is 127. The summed E-state index contributed by atoms with van der Waals surface area (Å²) < 4.78 is 27.4. The van der Waals surface area contributed by atoms with E-state index < -0.39 is 32.6 Å². The van der Waals surface area contributed by atoms with E-state index >= 15 is 0 Å². The summed E-state index contributed by atoms with van der Waals surface area (Å²) in [4.78, 5) is 21.3. The second-order valence-electron chi connectivity index (χ2n) is 5.02. The van der Waals surface area contributed by atoms with E-state index in [-0.39, 0.29) is 10.6 Å². The van der Waals surface area contributed by atoms with Gasteiger partial charge in [-0.15, -0.1) is 0 Å². The predicted octanol–water partition coefficient (Wildman–Crippen LogP) is 2.87. The molecule has 10 heteroatoms. The fraction of sp³-hybridized carbons (Fsp3) is 0.133. The molecular formula is C15H13IN2O6S. The molecule has 0 spiro atoms. The molecule has 1 atom stereocenters. The van der Waals surface area contributed by atoms with E-state index in [4.69, 9.17) is 0 Å². The third-order valence-electron chi connectivity index (χ3n) is 3.38. The van der Waals surface area contributed by atoms with E-state index in [9.17, 15) is 28.4 Å². The Morgan fingerprint density at radius 3 is 2.44 bits per heavy atom. The molecule has 2 rings (SSSR count). The summed E-state index contributed by atoms with van der Waals surface area (Å²) >= 11 is 1.90. The molecule has 0 saturated carbocycles. The van der Waals surface area contributed by atoms with Crippen molar-refractivity contribution in [2.24, 2.45) is 0 Å². The third kappa shape index (κ3) is 3.90. The fourth-order valence-corrected chi connectivity index (χ4v) is 4.63. The molecule has 0 aliphatic rings. The maximum absolute atomic E-state index is 13.0. The number of carboxylic acids is 1. The molecule has 0 aromatic heterocycles. The highest BCUT2D eigenvalue weighted by Crippen LogP contribution is 2.31. The monoisotopic (exact) mass is 476 g/mol. The molecule has 0 saturated heterocycles. The van der Waals surface area contributed by atoms with Gasteiger partial charge in [-0.25, -0.2) is 13.2 Å². The number of benzene rings is 2. The van der Waals surface area contributed by atoms with Crippen LogP contribution in [-0.4, -0.2) is 30.5 Å². The number of rotatable bonds is 6. The van der Waals surface area contributed by atoms with Gasteiger partial charge in [0.25, 0.3) is 15.7 Å². The second-order valence-corrected chi connectivity index (χ2v) is 8.00. The first-order chi connectivity index (χ1) is 11.7. The molecule has 0 bridgehead atoms. The maximum atomic E-state index is 13.0. The van der Waals surface area contributed by atoms with Gasteiger partial charge in [0.2, 0.25) is 0 Å². The molecule has 1 N–H and O–H groups in total. The van der Waals surface area contributed by atoms with Crippen molar-refractivity contribution in [1.82, 2.24) is 0 Å². The Hall–Kier alpha value is -2.21. The van der Waals surface area contributed by atoms with Crippen LogP contribution < -0.4 is 4.31 Å². The van der Waals surface area contributed by atoms with Gasteiger partial charge in [0.1, 0.15) is 6.04 Å². The molecule has 0 radical (unpaired) electrons. The van der Waals surface area contributed by atoms with Gasteiger partial charge < -0.3 is 5.11 Å². The molecule has 0 aliphatic heterocycles. The van der Waals surface area contributed by atoms with E-state index in [1.165, 1.54) is 25.1 Å². The van der Waals surface area contributed by atoms with Crippen LogP contribution in [0.5, 0.6) is 0 Å². The molecule has 25 heavy (non-hydrogen) atoms. The van der Waals surface area contributed by atoms with Crippen LogP contribution in [0.25, 0.3) is 0 Å². The maximum Gasteiger partial charge on any atom is 0.327 e. The van der Waals surface area contributed by atoms with Crippen molar-refractivity contribution in [3.63, 3.8) is 0 Å². The molecule has 0 fully saturated rings. The zero-order chi connectivity index (χ0) is 18.8. The minimum absolute atomic E-state index is 0.185. The van der Waals surface area contributed by atoms with E-state index in [0.717, 1.165) is 16.4 Å². The molecule has 1 unspecified atom stereocenters. The van der Waals surface area contributed by atoms with Gasteiger partial charge in [-0.2, -0.15) is 0 Å². The van der Waals surface area contributed by atoms with Crippen LogP contribution in [0.4, 0.5) is 11.4 Å². The first kappa shape index (κ1) is 19.1. The summed E-state index contributed by atoms with van der Waals surface area (Å²) in [7, 11) is -4.33. The largest absolute Gasteiger partial charge is 0.480 e. The van der Waals surface area contributed by atoms with Crippen LogP contribution in [-0.2, 0) is 14.8 Å². The number of carboxylic acid groups (broad SMARTS) is 1. The Balaban J connectivity index is 2.68.